The molecule has 4 nitrogen and oxygen atoms in total. The zero-order chi connectivity index (χ0) is 15.2. The highest BCUT2D eigenvalue weighted by molar-refractivity contribution is 7.10. The van der Waals surface area contributed by atoms with Gasteiger partial charge in [-0.2, -0.15) is 0 Å². The topological polar surface area (TPSA) is 64.3 Å². The number of nitrogens with one attached hydrogen (secondary N) is 1. The third kappa shape index (κ3) is 3.98. The standard InChI is InChI=1S/C16H20N2O2S/c1-3-11-5-6-21-15(11)10-18-16(19)12-7-13(17)9-14(8-12)20-4-2/h5-9H,3-4,10,17H2,1-2H3,(H,18,19). The number of rotatable bonds is 6. The second kappa shape index (κ2) is 7.13. The first kappa shape index (κ1) is 15.4. The minimum Gasteiger partial charge on any atom is -0.494 e. The van der Waals surface area contributed by atoms with Crippen molar-refractivity contribution in [3.05, 3.63) is 45.6 Å². The highest BCUT2D eigenvalue weighted by Crippen LogP contribution is 2.20. The largest absolute Gasteiger partial charge is 0.494 e. The van der Waals surface area contributed by atoms with Crippen LogP contribution in [-0.4, -0.2) is 12.5 Å². The van der Waals surface area contributed by atoms with E-state index in [0.29, 0.717) is 30.2 Å². The van der Waals surface area contributed by atoms with Gasteiger partial charge >= 0.3 is 0 Å². The van der Waals surface area contributed by atoms with E-state index in [2.05, 4.69) is 18.3 Å². The van der Waals surface area contributed by atoms with E-state index in [4.69, 9.17) is 10.5 Å². The number of thiophene rings is 1. The van der Waals surface area contributed by atoms with Crippen molar-refractivity contribution in [2.75, 3.05) is 12.3 Å². The van der Waals surface area contributed by atoms with Gasteiger partial charge in [-0.3, -0.25) is 4.79 Å². The second-order valence-corrected chi connectivity index (χ2v) is 5.63. The lowest BCUT2D eigenvalue weighted by Crippen LogP contribution is -2.23. The normalized spacial score (nSPS) is 10.4. The smallest absolute Gasteiger partial charge is 0.251 e. The molecule has 1 aromatic carbocycles. The van der Waals surface area contributed by atoms with Gasteiger partial charge in [0.25, 0.3) is 5.91 Å². The summed E-state index contributed by atoms with van der Waals surface area (Å²) < 4.78 is 5.41. The average Bonchev–Trinajstić information content (AvgIpc) is 2.92. The highest BCUT2D eigenvalue weighted by Gasteiger charge is 2.10. The number of aryl methyl sites for hydroxylation is 1. The number of amides is 1. The molecule has 0 unspecified atom stereocenters. The minimum atomic E-state index is -0.140. The van der Waals surface area contributed by atoms with Crippen molar-refractivity contribution in [1.29, 1.82) is 0 Å². The van der Waals surface area contributed by atoms with Crippen LogP contribution >= 0.6 is 11.3 Å². The van der Waals surface area contributed by atoms with E-state index >= 15 is 0 Å². The van der Waals surface area contributed by atoms with Gasteiger partial charge in [0.2, 0.25) is 0 Å². The summed E-state index contributed by atoms with van der Waals surface area (Å²) in [6.45, 7) is 5.09. The Morgan fingerprint density at radius 1 is 1.33 bits per heavy atom. The first-order valence-corrected chi connectivity index (χ1v) is 7.88. The number of nitrogens with two attached hydrogens (primary N) is 1. The number of ether oxygens (including phenoxy) is 1. The summed E-state index contributed by atoms with van der Waals surface area (Å²) >= 11 is 1.66. The van der Waals surface area contributed by atoms with E-state index in [1.165, 1.54) is 10.4 Å². The molecule has 0 spiro atoms. The maximum absolute atomic E-state index is 12.2. The van der Waals surface area contributed by atoms with Gasteiger partial charge in [0.1, 0.15) is 5.75 Å². The molecule has 2 rings (SSSR count). The van der Waals surface area contributed by atoms with Crippen LogP contribution in [0.1, 0.15) is 34.6 Å². The molecule has 21 heavy (non-hydrogen) atoms. The van der Waals surface area contributed by atoms with E-state index in [1.807, 2.05) is 12.3 Å². The lowest BCUT2D eigenvalue weighted by molar-refractivity contribution is 0.0951. The van der Waals surface area contributed by atoms with Crippen LogP contribution in [0.15, 0.2) is 29.6 Å². The Bertz CT molecular complexity index is 622. The zero-order valence-electron chi connectivity index (χ0n) is 12.3. The Hall–Kier alpha value is -2.01. The van der Waals surface area contributed by atoms with Crippen molar-refractivity contribution in [2.24, 2.45) is 0 Å². The molecule has 112 valence electrons. The summed E-state index contributed by atoms with van der Waals surface area (Å²) in [4.78, 5) is 13.4. The molecular weight excluding hydrogens is 284 g/mol. The quantitative estimate of drug-likeness (QED) is 0.805. The number of hydrogen-bond donors (Lipinski definition) is 2. The second-order valence-electron chi connectivity index (χ2n) is 4.63. The molecule has 5 heteroatoms. The Labute approximate surface area is 128 Å². The van der Waals surface area contributed by atoms with Crippen LogP contribution in [0.5, 0.6) is 5.75 Å². The van der Waals surface area contributed by atoms with Crippen LogP contribution in [0.4, 0.5) is 5.69 Å². The van der Waals surface area contributed by atoms with Gasteiger partial charge in [0.15, 0.2) is 0 Å². The Balaban J connectivity index is 2.06. The van der Waals surface area contributed by atoms with Crippen LogP contribution in [0.2, 0.25) is 0 Å². The minimum absolute atomic E-state index is 0.140. The predicted octanol–water partition coefficient (Wildman–Crippen LogP) is 3.22. The summed E-state index contributed by atoms with van der Waals surface area (Å²) in [7, 11) is 0. The fraction of sp³-hybridized carbons (Fsp3) is 0.312. The fourth-order valence-corrected chi connectivity index (χ4v) is 3.02. The summed E-state index contributed by atoms with van der Waals surface area (Å²) in [5.74, 6) is 0.478. The molecule has 1 heterocycles. The van der Waals surface area contributed by atoms with Gasteiger partial charge in [-0.05, 0) is 42.5 Å². The third-order valence-corrected chi connectivity index (χ3v) is 4.09. The fourth-order valence-electron chi connectivity index (χ4n) is 2.10. The molecule has 1 aromatic heterocycles. The zero-order valence-corrected chi connectivity index (χ0v) is 13.1. The molecular formula is C16H20N2O2S. The summed E-state index contributed by atoms with van der Waals surface area (Å²) in [6.07, 6.45) is 0.974. The van der Waals surface area contributed by atoms with Crippen LogP contribution < -0.4 is 15.8 Å². The van der Waals surface area contributed by atoms with E-state index < -0.39 is 0 Å². The van der Waals surface area contributed by atoms with Gasteiger partial charge < -0.3 is 15.8 Å². The molecule has 0 saturated carbocycles. The Morgan fingerprint density at radius 2 is 2.14 bits per heavy atom. The van der Waals surface area contributed by atoms with Gasteiger partial charge in [-0.15, -0.1) is 11.3 Å². The Morgan fingerprint density at radius 3 is 2.86 bits per heavy atom. The predicted molar refractivity (Wildman–Crippen MR) is 86.9 cm³/mol. The van der Waals surface area contributed by atoms with Gasteiger partial charge in [0, 0.05) is 22.2 Å². The van der Waals surface area contributed by atoms with E-state index in [9.17, 15) is 4.79 Å². The number of anilines is 1. The van der Waals surface area contributed by atoms with Crippen molar-refractivity contribution >= 4 is 22.9 Å². The summed E-state index contributed by atoms with van der Waals surface area (Å²) in [6, 6.07) is 7.19. The van der Waals surface area contributed by atoms with Gasteiger partial charge in [-0.1, -0.05) is 6.92 Å². The van der Waals surface area contributed by atoms with Crippen molar-refractivity contribution in [3.8, 4) is 5.75 Å². The van der Waals surface area contributed by atoms with Crippen molar-refractivity contribution in [3.63, 3.8) is 0 Å². The number of benzene rings is 1. The molecule has 0 atom stereocenters. The molecule has 0 aliphatic rings. The summed E-state index contributed by atoms with van der Waals surface area (Å²) in [5, 5.41) is 4.98. The van der Waals surface area contributed by atoms with Crippen molar-refractivity contribution < 1.29 is 9.53 Å². The van der Waals surface area contributed by atoms with E-state index in [0.717, 1.165) is 6.42 Å². The molecule has 0 aliphatic heterocycles. The molecule has 0 aliphatic carbocycles. The maximum Gasteiger partial charge on any atom is 0.251 e. The molecule has 0 saturated heterocycles. The lowest BCUT2D eigenvalue weighted by Gasteiger charge is -2.09. The van der Waals surface area contributed by atoms with Gasteiger partial charge in [-0.25, -0.2) is 0 Å². The third-order valence-electron chi connectivity index (χ3n) is 3.13. The lowest BCUT2D eigenvalue weighted by atomic mass is 10.1. The average molecular weight is 304 g/mol. The maximum atomic E-state index is 12.2. The Kier molecular flexibility index (Phi) is 5.22. The molecule has 1 amide bonds. The van der Waals surface area contributed by atoms with Crippen molar-refractivity contribution in [1.82, 2.24) is 5.32 Å². The van der Waals surface area contributed by atoms with Crippen LogP contribution in [-0.2, 0) is 13.0 Å². The van der Waals surface area contributed by atoms with Crippen LogP contribution in [0.3, 0.4) is 0 Å². The number of carbonyl (C=O) groups is 1. The van der Waals surface area contributed by atoms with Gasteiger partial charge in [0.05, 0.1) is 13.2 Å². The molecule has 2 aromatic rings. The first-order chi connectivity index (χ1) is 10.1. The van der Waals surface area contributed by atoms with E-state index in [-0.39, 0.29) is 5.91 Å². The highest BCUT2D eigenvalue weighted by atomic mass is 32.1. The van der Waals surface area contributed by atoms with Crippen molar-refractivity contribution in [2.45, 2.75) is 26.8 Å². The van der Waals surface area contributed by atoms with E-state index in [1.54, 1.807) is 29.5 Å². The van der Waals surface area contributed by atoms with Crippen LogP contribution in [0, 0.1) is 0 Å². The number of nitrogen functional groups attached to an aromatic ring is 1. The molecule has 0 fully saturated rings. The van der Waals surface area contributed by atoms with Crippen LogP contribution in [0.25, 0.3) is 0 Å². The molecule has 0 radical (unpaired) electrons. The SMILES string of the molecule is CCOc1cc(N)cc(C(=O)NCc2sccc2CC)c1. The molecule has 3 N–H and O–H groups in total. The number of carbonyl (C=O) groups excluding carboxylic acids is 1. The monoisotopic (exact) mass is 304 g/mol. The number of hydrogen-bond acceptors (Lipinski definition) is 4. The first-order valence-electron chi connectivity index (χ1n) is 7.00. The molecule has 0 bridgehead atoms. The summed E-state index contributed by atoms with van der Waals surface area (Å²) in [5.41, 5.74) is 8.13.